The summed E-state index contributed by atoms with van der Waals surface area (Å²) in [6.45, 7) is 2.74. The molecule has 0 N–H and O–H groups in total. The second kappa shape index (κ2) is 6.46. The lowest BCUT2D eigenvalue weighted by Crippen LogP contribution is -2.35. The number of Topliss-reactive ketones (excluding diaryl/α,β-unsaturated/α-hetero) is 1. The number of ketones is 1. The van der Waals surface area contributed by atoms with Crippen molar-refractivity contribution < 1.29 is 4.79 Å². The molecule has 2 aromatic rings. The third-order valence-corrected chi connectivity index (χ3v) is 4.81. The third-order valence-electron chi connectivity index (χ3n) is 3.13. The van der Waals surface area contributed by atoms with Gasteiger partial charge in [-0.15, -0.1) is 11.3 Å². The molecule has 1 aromatic carbocycles. The molecule has 2 rings (SSSR count). The molecule has 0 fully saturated rings. The molecule has 0 radical (unpaired) electrons. The summed E-state index contributed by atoms with van der Waals surface area (Å²) in [4.78, 5) is 15.7. The summed E-state index contributed by atoms with van der Waals surface area (Å²) in [6.07, 6.45) is 0. The highest BCUT2D eigenvalue weighted by molar-refractivity contribution is 9.10. The largest absolute Gasteiger partial charge is 0.292 e. The van der Waals surface area contributed by atoms with Gasteiger partial charge in [0.1, 0.15) is 0 Å². The van der Waals surface area contributed by atoms with E-state index < -0.39 is 0 Å². The van der Waals surface area contributed by atoms with Gasteiger partial charge in [0.15, 0.2) is 5.78 Å². The minimum Gasteiger partial charge on any atom is -0.292 e. The molecule has 1 unspecified atom stereocenters. The van der Waals surface area contributed by atoms with Crippen LogP contribution in [0.2, 0.25) is 0 Å². The fourth-order valence-corrected chi connectivity index (χ4v) is 3.38. The van der Waals surface area contributed by atoms with E-state index in [2.05, 4.69) is 32.3 Å². The predicted molar refractivity (Wildman–Crippen MR) is 83.7 cm³/mol. The SMILES string of the molecule is CC(C(=O)c1ccccc1)N(C)Cc1cc(Br)cs1. The van der Waals surface area contributed by atoms with Crippen LogP contribution in [0.25, 0.3) is 0 Å². The molecule has 0 amide bonds. The Morgan fingerprint density at radius 2 is 2.05 bits per heavy atom. The fraction of sp³-hybridized carbons (Fsp3) is 0.267. The van der Waals surface area contributed by atoms with E-state index in [9.17, 15) is 4.79 Å². The molecule has 0 saturated heterocycles. The van der Waals surface area contributed by atoms with Crippen molar-refractivity contribution in [1.82, 2.24) is 4.90 Å². The van der Waals surface area contributed by atoms with Crippen LogP contribution in [0.5, 0.6) is 0 Å². The van der Waals surface area contributed by atoms with Crippen LogP contribution in [-0.2, 0) is 6.54 Å². The average molecular weight is 338 g/mol. The molecular formula is C15H16BrNOS. The van der Waals surface area contributed by atoms with Crippen LogP contribution in [0.4, 0.5) is 0 Å². The first-order chi connectivity index (χ1) is 9.08. The van der Waals surface area contributed by atoms with Gasteiger partial charge in [0, 0.05) is 26.8 Å². The van der Waals surface area contributed by atoms with Gasteiger partial charge in [0.25, 0.3) is 0 Å². The molecule has 1 heterocycles. The first-order valence-corrected chi connectivity index (χ1v) is 7.77. The third kappa shape index (κ3) is 3.75. The van der Waals surface area contributed by atoms with Gasteiger partial charge in [-0.2, -0.15) is 0 Å². The van der Waals surface area contributed by atoms with E-state index in [1.165, 1.54) is 4.88 Å². The van der Waals surface area contributed by atoms with Gasteiger partial charge in [0.05, 0.1) is 6.04 Å². The molecule has 0 saturated carbocycles. The lowest BCUT2D eigenvalue weighted by atomic mass is 10.0. The second-order valence-electron chi connectivity index (χ2n) is 4.55. The van der Waals surface area contributed by atoms with E-state index in [-0.39, 0.29) is 11.8 Å². The van der Waals surface area contributed by atoms with Crippen LogP contribution in [0, 0.1) is 0 Å². The maximum Gasteiger partial charge on any atom is 0.179 e. The highest BCUT2D eigenvalue weighted by Crippen LogP contribution is 2.21. The summed E-state index contributed by atoms with van der Waals surface area (Å²) in [6, 6.07) is 11.4. The Morgan fingerprint density at radius 3 is 2.63 bits per heavy atom. The summed E-state index contributed by atoms with van der Waals surface area (Å²) >= 11 is 5.15. The van der Waals surface area contributed by atoms with Crippen molar-refractivity contribution >= 4 is 33.0 Å². The summed E-state index contributed by atoms with van der Waals surface area (Å²) in [5.41, 5.74) is 0.772. The van der Waals surface area contributed by atoms with Crippen molar-refractivity contribution in [3.8, 4) is 0 Å². The van der Waals surface area contributed by atoms with Gasteiger partial charge in [-0.3, -0.25) is 9.69 Å². The van der Waals surface area contributed by atoms with Crippen LogP contribution < -0.4 is 0 Å². The fourth-order valence-electron chi connectivity index (χ4n) is 1.86. The summed E-state index contributed by atoms with van der Waals surface area (Å²) in [7, 11) is 1.99. The summed E-state index contributed by atoms with van der Waals surface area (Å²) in [5, 5.41) is 2.06. The lowest BCUT2D eigenvalue weighted by Gasteiger charge is -2.22. The quantitative estimate of drug-likeness (QED) is 0.761. The normalized spacial score (nSPS) is 12.6. The number of halogens is 1. The van der Waals surface area contributed by atoms with Gasteiger partial charge < -0.3 is 0 Å². The van der Waals surface area contributed by atoms with E-state index in [0.717, 1.165) is 16.6 Å². The molecule has 0 bridgehead atoms. The van der Waals surface area contributed by atoms with Crippen LogP contribution in [0.15, 0.2) is 46.3 Å². The van der Waals surface area contributed by atoms with Gasteiger partial charge >= 0.3 is 0 Å². The van der Waals surface area contributed by atoms with Gasteiger partial charge in [0.2, 0.25) is 0 Å². The number of thiophene rings is 1. The van der Waals surface area contributed by atoms with E-state index in [1.807, 2.05) is 44.3 Å². The summed E-state index contributed by atoms with van der Waals surface area (Å²) in [5.74, 6) is 0.165. The number of nitrogens with zero attached hydrogens (tertiary/aromatic N) is 1. The first kappa shape index (κ1) is 14.4. The Hall–Kier alpha value is -0.970. The number of hydrogen-bond donors (Lipinski definition) is 0. The number of benzene rings is 1. The van der Waals surface area contributed by atoms with Crippen LogP contribution in [0.1, 0.15) is 22.2 Å². The van der Waals surface area contributed by atoms with Crippen LogP contribution in [0.3, 0.4) is 0 Å². The van der Waals surface area contributed by atoms with E-state index in [1.54, 1.807) is 11.3 Å². The molecular weight excluding hydrogens is 322 g/mol. The topological polar surface area (TPSA) is 20.3 Å². The van der Waals surface area contributed by atoms with Crippen LogP contribution >= 0.6 is 27.3 Å². The number of carbonyl (C=O) groups excluding carboxylic acids is 1. The van der Waals surface area contributed by atoms with Crippen LogP contribution in [-0.4, -0.2) is 23.8 Å². The van der Waals surface area contributed by atoms with Gasteiger partial charge in [-0.1, -0.05) is 30.3 Å². The highest BCUT2D eigenvalue weighted by atomic mass is 79.9. The van der Waals surface area contributed by atoms with E-state index in [0.29, 0.717) is 0 Å². The molecule has 0 spiro atoms. The minimum absolute atomic E-state index is 0.122. The first-order valence-electron chi connectivity index (χ1n) is 6.10. The Balaban J connectivity index is 2.03. The number of rotatable bonds is 5. The number of likely N-dealkylation sites (N-methyl/N-ethyl adjacent to an activating group) is 1. The molecule has 19 heavy (non-hydrogen) atoms. The average Bonchev–Trinajstić information content (AvgIpc) is 2.83. The lowest BCUT2D eigenvalue weighted by molar-refractivity contribution is 0.0863. The molecule has 2 nitrogen and oxygen atoms in total. The van der Waals surface area contributed by atoms with Crippen molar-refractivity contribution in [3.05, 3.63) is 56.7 Å². The molecule has 100 valence electrons. The van der Waals surface area contributed by atoms with Crippen molar-refractivity contribution in [3.63, 3.8) is 0 Å². The predicted octanol–water partition coefficient (Wildman–Crippen LogP) is 4.21. The van der Waals surface area contributed by atoms with Gasteiger partial charge in [-0.05, 0) is 36.0 Å². The second-order valence-corrected chi connectivity index (χ2v) is 6.46. The van der Waals surface area contributed by atoms with Crippen molar-refractivity contribution in [2.24, 2.45) is 0 Å². The van der Waals surface area contributed by atoms with Gasteiger partial charge in [-0.25, -0.2) is 0 Å². The standard InChI is InChI=1S/C15H16BrNOS/c1-11(15(18)12-6-4-3-5-7-12)17(2)9-14-8-13(16)10-19-14/h3-8,10-11H,9H2,1-2H3. The van der Waals surface area contributed by atoms with Crippen molar-refractivity contribution in [2.75, 3.05) is 7.05 Å². The zero-order valence-corrected chi connectivity index (χ0v) is 13.4. The minimum atomic E-state index is -0.122. The van der Waals surface area contributed by atoms with Crippen molar-refractivity contribution in [1.29, 1.82) is 0 Å². The highest BCUT2D eigenvalue weighted by Gasteiger charge is 2.19. The monoisotopic (exact) mass is 337 g/mol. The molecule has 1 aromatic heterocycles. The molecule has 4 heteroatoms. The zero-order valence-electron chi connectivity index (χ0n) is 11.0. The van der Waals surface area contributed by atoms with Crippen molar-refractivity contribution in [2.45, 2.75) is 19.5 Å². The Morgan fingerprint density at radius 1 is 1.37 bits per heavy atom. The maximum atomic E-state index is 12.3. The Labute approximate surface area is 126 Å². The zero-order chi connectivity index (χ0) is 13.8. The smallest absolute Gasteiger partial charge is 0.179 e. The molecule has 1 atom stereocenters. The number of carbonyl (C=O) groups is 1. The molecule has 0 aliphatic carbocycles. The Bertz CT molecular complexity index is 552. The van der Waals surface area contributed by atoms with E-state index in [4.69, 9.17) is 0 Å². The number of hydrogen-bond acceptors (Lipinski definition) is 3. The Kier molecular flexibility index (Phi) is 4.91. The molecule has 0 aliphatic heterocycles. The molecule has 0 aliphatic rings. The van der Waals surface area contributed by atoms with E-state index >= 15 is 0 Å². The summed E-state index contributed by atoms with van der Waals surface area (Å²) < 4.78 is 1.10. The maximum absolute atomic E-state index is 12.3.